The van der Waals surface area contributed by atoms with Crippen LogP contribution >= 0.6 is 0 Å². The van der Waals surface area contributed by atoms with Gasteiger partial charge in [0.2, 0.25) is 0 Å². The van der Waals surface area contributed by atoms with E-state index in [-0.39, 0.29) is 18.0 Å². The van der Waals surface area contributed by atoms with Crippen molar-refractivity contribution in [3.8, 4) is 11.4 Å². The fourth-order valence-corrected chi connectivity index (χ4v) is 3.97. The Balaban J connectivity index is 1.66. The maximum Gasteiger partial charge on any atom is 0.258 e. The molecule has 3 aromatic rings. The van der Waals surface area contributed by atoms with Crippen LogP contribution in [0.4, 0.5) is 0 Å². The molecule has 146 valence electrons. The van der Waals surface area contributed by atoms with E-state index < -0.39 is 0 Å². The van der Waals surface area contributed by atoms with Crippen molar-refractivity contribution >= 4 is 5.91 Å². The number of hydrogen-bond donors (Lipinski definition) is 0. The highest BCUT2D eigenvalue weighted by Crippen LogP contribution is 2.29. The maximum absolute atomic E-state index is 13.4. The van der Waals surface area contributed by atoms with Gasteiger partial charge in [0.15, 0.2) is 5.82 Å². The average Bonchev–Trinajstić information content (AvgIpc) is 3.24. The lowest BCUT2D eigenvalue weighted by Crippen LogP contribution is -2.41. The van der Waals surface area contributed by atoms with Gasteiger partial charge in [-0.1, -0.05) is 30.3 Å². The van der Waals surface area contributed by atoms with Crippen LogP contribution in [0.25, 0.3) is 11.4 Å². The highest BCUT2D eigenvalue weighted by atomic mass is 16.2. The third-order valence-electron chi connectivity index (χ3n) is 5.42. The van der Waals surface area contributed by atoms with Gasteiger partial charge in [0.05, 0.1) is 23.8 Å². The minimum Gasteiger partial charge on any atom is -0.327 e. The Morgan fingerprint density at radius 1 is 1.11 bits per heavy atom. The molecule has 1 aromatic carbocycles. The number of nitrogens with zero attached hydrogens (tertiary/aromatic N) is 6. The van der Waals surface area contributed by atoms with Crippen LogP contribution in [0.5, 0.6) is 0 Å². The monoisotopic (exact) mass is 378 g/mol. The van der Waals surface area contributed by atoms with Gasteiger partial charge >= 0.3 is 0 Å². The number of hydrogen-bond acceptors (Lipinski definition) is 4. The first-order valence-electron chi connectivity index (χ1n) is 9.75. The van der Waals surface area contributed by atoms with E-state index in [0.717, 1.165) is 22.8 Å². The molecular formula is C21H26N6O. The van der Waals surface area contributed by atoms with Crippen molar-refractivity contribution in [2.24, 2.45) is 0 Å². The molecular weight excluding hydrogens is 352 g/mol. The summed E-state index contributed by atoms with van der Waals surface area (Å²) in [5.41, 5.74) is 3.39. The number of carbonyl (C=O) groups is 1. The van der Waals surface area contributed by atoms with Crippen molar-refractivity contribution in [2.45, 2.75) is 53.2 Å². The third-order valence-corrected chi connectivity index (χ3v) is 5.42. The van der Waals surface area contributed by atoms with Gasteiger partial charge in [-0.15, -0.1) is 0 Å². The number of rotatable bonds is 3. The van der Waals surface area contributed by atoms with Crippen LogP contribution < -0.4 is 0 Å². The van der Waals surface area contributed by atoms with Gasteiger partial charge < -0.3 is 4.90 Å². The molecule has 0 N–H and O–H groups in total. The summed E-state index contributed by atoms with van der Waals surface area (Å²) in [6, 6.07) is 10.0. The quantitative estimate of drug-likeness (QED) is 0.699. The number of benzene rings is 1. The molecule has 0 saturated heterocycles. The minimum atomic E-state index is -0.146. The Morgan fingerprint density at radius 3 is 2.46 bits per heavy atom. The Labute approximate surface area is 165 Å². The van der Waals surface area contributed by atoms with E-state index in [1.54, 1.807) is 0 Å². The largest absolute Gasteiger partial charge is 0.327 e. The summed E-state index contributed by atoms with van der Waals surface area (Å²) in [5, 5.41) is 9.23. The second-order valence-electron chi connectivity index (χ2n) is 7.64. The third kappa shape index (κ3) is 2.91. The molecule has 0 fully saturated rings. The van der Waals surface area contributed by atoms with Gasteiger partial charge in [-0.3, -0.25) is 9.48 Å². The van der Waals surface area contributed by atoms with E-state index in [0.29, 0.717) is 24.5 Å². The number of aromatic nitrogens is 5. The van der Waals surface area contributed by atoms with Gasteiger partial charge in [-0.2, -0.15) is 10.2 Å². The molecule has 0 radical (unpaired) electrons. The lowest BCUT2D eigenvalue weighted by molar-refractivity contribution is 0.0629. The Morgan fingerprint density at radius 2 is 1.82 bits per heavy atom. The Bertz CT molecular complexity index is 1020. The standard InChI is InChI=1S/C21H26N6O/c1-13(2)27-15(4)18(14(3)23-27)21(28)25-11-12-26-20(16(25)5)22-19(24-26)17-9-7-6-8-10-17/h6-10,13,16H,11-12H2,1-5H3/t16-/m0/s1. The van der Waals surface area contributed by atoms with E-state index >= 15 is 0 Å². The first kappa shape index (κ1) is 18.4. The summed E-state index contributed by atoms with van der Waals surface area (Å²) >= 11 is 0. The second-order valence-corrected chi connectivity index (χ2v) is 7.64. The Kier molecular flexibility index (Phi) is 4.53. The van der Waals surface area contributed by atoms with Gasteiger partial charge in [0.1, 0.15) is 5.82 Å². The lowest BCUT2D eigenvalue weighted by Gasteiger charge is -2.33. The molecule has 0 bridgehead atoms. The van der Waals surface area contributed by atoms with Crippen LogP contribution in [0.3, 0.4) is 0 Å². The molecule has 2 aromatic heterocycles. The fourth-order valence-electron chi connectivity index (χ4n) is 3.97. The number of aryl methyl sites for hydroxylation is 1. The van der Waals surface area contributed by atoms with Crippen molar-refractivity contribution in [2.75, 3.05) is 6.54 Å². The molecule has 1 aliphatic heterocycles. The molecule has 0 spiro atoms. The summed E-state index contributed by atoms with van der Waals surface area (Å²) < 4.78 is 3.85. The molecule has 0 aliphatic carbocycles. The average molecular weight is 378 g/mol. The molecule has 1 amide bonds. The SMILES string of the molecule is Cc1nn(C(C)C)c(C)c1C(=O)N1CCn2nc(-c3ccccc3)nc2[C@@H]1C. The molecule has 7 heteroatoms. The number of amides is 1. The predicted molar refractivity (Wildman–Crippen MR) is 107 cm³/mol. The van der Waals surface area contributed by atoms with Gasteiger partial charge in [-0.05, 0) is 34.6 Å². The van der Waals surface area contributed by atoms with E-state index in [1.807, 2.05) is 65.4 Å². The van der Waals surface area contributed by atoms with E-state index in [1.165, 1.54) is 0 Å². The summed E-state index contributed by atoms with van der Waals surface area (Å²) in [7, 11) is 0. The van der Waals surface area contributed by atoms with E-state index in [2.05, 4.69) is 24.0 Å². The van der Waals surface area contributed by atoms with Gasteiger partial charge in [0, 0.05) is 23.8 Å². The lowest BCUT2D eigenvalue weighted by atomic mass is 10.1. The van der Waals surface area contributed by atoms with E-state index in [9.17, 15) is 4.79 Å². The van der Waals surface area contributed by atoms with Crippen molar-refractivity contribution in [1.82, 2.24) is 29.4 Å². The summed E-state index contributed by atoms with van der Waals surface area (Å²) in [5.74, 6) is 1.55. The van der Waals surface area contributed by atoms with Gasteiger partial charge in [0.25, 0.3) is 5.91 Å². The van der Waals surface area contributed by atoms with Crippen LogP contribution in [0.1, 0.15) is 60.4 Å². The maximum atomic E-state index is 13.4. The predicted octanol–water partition coefficient (Wildman–Crippen LogP) is 3.56. The first-order valence-corrected chi connectivity index (χ1v) is 9.75. The highest BCUT2D eigenvalue weighted by Gasteiger charge is 2.33. The van der Waals surface area contributed by atoms with Gasteiger partial charge in [-0.25, -0.2) is 9.67 Å². The fraction of sp³-hybridized carbons (Fsp3) is 0.429. The van der Waals surface area contributed by atoms with Crippen molar-refractivity contribution in [3.05, 3.63) is 53.1 Å². The zero-order chi connectivity index (χ0) is 20.0. The molecule has 3 heterocycles. The molecule has 1 aliphatic rings. The van der Waals surface area contributed by atoms with Crippen molar-refractivity contribution in [3.63, 3.8) is 0 Å². The Hall–Kier alpha value is -2.96. The summed E-state index contributed by atoms with van der Waals surface area (Å²) in [6.45, 7) is 11.3. The molecule has 28 heavy (non-hydrogen) atoms. The normalized spacial score (nSPS) is 16.5. The molecule has 0 unspecified atom stereocenters. The molecule has 7 nitrogen and oxygen atoms in total. The number of fused-ring (bicyclic) bond motifs is 1. The first-order chi connectivity index (χ1) is 13.4. The van der Waals surface area contributed by atoms with Crippen LogP contribution in [0.15, 0.2) is 30.3 Å². The second kappa shape index (κ2) is 6.89. The molecule has 1 atom stereocenters. The van der Waals surface area contributed by atoms with Crippen LogP contribution in [-0.4, -0.2) is 41.9 Å². The van der Waals surface area contributed by atoms with Crippen LogP contribution in [-0.2, 0) is 6.54 Å². The summed E-state index contributed by atoms with van der Waals surface area (Å²) in [4.78, 5) is 20.0. The topological polar surface area (TPSA) is 68.8 Å². The highest BCUT2D eigenvalue weighted by molar-refractivity contribution is 5.96. The smallest absolute Gasteiger partial charge is 0.258 e. The van der Waals surface area contributed by atoms with Crippen LogP contribution in [0.2, 0.25) is 0 Å². The summed E-state index contributed by atoms with van der Waals surface area (Å²) in [6.07, 6.45) is 0. The number of carbonyl (C=O) groups excluding carboxylic acids is 1. The zero-order valence-corrected chi connectivity index (χ0v) is 17.0. The van der Waals surface area contributed by atoms with Crippen LogP contribution in [0, 0.1) is 13.8 Å². The zero-order valence-electron chi connectivity index (χ0n) is 17.0. The molecule has 4 rings (SSSR count). The van der Waals surface area contributed by atoms with E-state index in [4.69, 9.17) is 4.98 Å². The van der Waals surface area contributed by atoms with Crippen molar-refractivity contribution < 1.29 is 4.79 Å². The minimum absolute atomic E-state index is 0.0184. The van der Waals surface area contributed by atoms with Crippen molar-refractivity contribution in [1.29, 1.82) is 0 Å². The molecule has 0 saturated carbocycles.